The molecule has 0 spiro atoms. The quantitative estimate of drug-likeness (QED) is 0.779. The van der Waals surface area contributed by atoms with Gasteiger partial charge in [0.25, 0.3) is 0 Å². The molecule has 17 heavy (non-hydrogen) atoms. The number of hydrogen-bond donors (Lipinski definition) is 2. The zero-order valence-electron chi connectivity index (χ0n) is 9.53. The Hall–Kier alpha value is -2.17. The molecule has 0 aliphatic rings. The van der Waals surface area contributed by atoms with E-state index in [-0.39, 0.29) is 11.1 Å². The smallest absolute Gasteiger partial charge is 0.338 e. The zero-order chi connectivity index (χ0) is 13.6. The van der Waals surface area contributed by atoms with E-state index in [0.717, 1.165) is 12.1 Å². The van der Waals surface area contributed by atoms with Crippen molar-refractivity contribution in [1.29, 1.82) is 0 Å². The van der Waals surface area contributed by atoms with Crippen molar-refractivity contribution in [3.8, 4) is 0 Å². The Labute approximate surface area is 98.0 Å². The topological polar surface area (TPSA) is 74.6 Å². The predicted molar refractivity (Wildman–Crippen MR) is 60.9 cm³/mol. The summed E-state index contributed by atoms with van der Waals surface area (Å²) in [5.74, 6) is -3.67. The van der Waals surface area contributed by atoms with E-state index in [1.54, 1.807) is 6.08 Å². The predicted octanol–water partition coefficient (Wildman–Crippen LogP) is 2.72. The molecule has 1 aromatic rings. The highest BCUT2D eigenvalue weighted by atomic mass is 19.1. The minimum absolute atomic E-state index is 0.0787. The fraction of sp³-hybridized carbons (Fsp3) is 0.167. The zero-order valence-corrected chi connectivity index (χ0v) is 9.53. The highest BCUT2D eigenvalue weighted by Gasteiger charge is 2.19. The van der Waals surface area contributed by atoms with Gasteiger partial charge in [0, 0.05) is 0 Å². The molecule has 0 saturated heterocycles. The first-order chi connectivity index (χ1) is 7.86. The van der Waals surface area contributed by atoms with Crippen molar-refractivity contribution in [2.45, 2.75) is 13.8 Å². The molecule has 0 aromatic heterocycles. The molecule has 0 amide bonds. The normalized spacial score (nSPS) is 8.88. The van der Waals surface area contributed by atoms with Crippen molar-refractivity contribution in [2.24, 2.45) is 0 Å². The molecular formula is C12H13FO4. The number of hydrogen-bond acceptors (Lipinski definition) is 2. The first kappa shape index (κ1) is 14.8. The van der Waals surface area contributed by atoms with Crippen molar-refractivity contribution in [1.82, 2.24) is 0 Å². The van der Waals surface area contributed by atoms with Crippen LogP contribution in [0.3, 0.4) is 0 Å². The number of allylic oxidation sites excluding steroid dienone is 1. The number of carboxylic acids is 2. The molecule has 0 bridgehead atoms. The summed E-state index contributed by atoms with van der Waals surface area (Å²) < 4.78 is 13.0. The lowest BCUT2D eigenvalue weighted by atomic mass is 10.0. The van der Waals surface area contributed by atoms with E-state index in [9.17, 15) is 14.0 Å². The summed E-state index contributed by atoms with van der Waals surface area (Å²) in [5.41, 5.74) is -0.876. The second-order valence-electron chi connectivity index (χ2n) is 3.11. The Morgan fingerprint density at radius 3 is 2.12 bits per heavy atom. The van der Waals surface area contributed by atoms with Gasteiger partial charge in [-0.2, -0.15) is 0 Å². The maximum Gasteiger partial charge on any atom is 0.338 e. The van der Waals surface area contributed by atoms with E-state index in [1.165, 1.54) is 6.92 Å². The van der Waals surface area contributed by atoms with Gasteiger partial charge in [-0.05, 0) is 31.5 Å². The molecule has 0 unspecified atom stereocenters. The largest absolute Gasteiger partial charge is 0.478 e. The lowest BCUT2D eigenvalue weighted by Gasteiger charge is -2.05. The molecule has 0 fully saturated rings. The molecule has 1 aromatic carbocycles. The number of benzene rings is 1. The van der Waals surface area contributed by atoms with E-state index >= 15 is 0 Å². The van der Waals surface area contributed by atoms with Crippen molar-refractivity contribution in [3.05, 3.63) is 47.3 Å². The molecule has 92 valence electrons. The van der Waals surface area contributed by atoms with Gasteiger partial charge in [-0.3, -0.25) is 0 Å². The van der Waals surface area contributed by atoms with Gasteiger partial charge in [-0.1, -0.05) is 6.08 Å². The monoisotopic (exact) mass is 240 g/mol. The van der Waals surface area contributed by atoms with Gasteiger partial charge < -0.3 is 10.2 Å². The first-order valence-corrected chi connectivity index (χ1v) is 4.69. The van der Waals surface area contributed by atoms with Crippen LogP contribution in [-0.4, -0.2) is 22.2 Å². The minimum Gasteiger partial charge on any atom is -0.478 e. The van der Waals surface area contributed by atoms with Gasteiger partial charge in [0.15, 0.2) is 0 Å². The summed E-state index contributed by atoms with van der Waals surface area (Å²) in [4.78, 5) is 21.2. The summed E-state index contributed by atoms with van der Waals surface area (Å²) in [5, 5.41) is 17.3. The molecule has 1 rings (SSSR count). The average Bonchev–Trinajstić information content (AvgIpc) is 2.17. The molecular weight excluding hydrogens is 227 g/mol. The lowest BCUT2D eigenvalue weighted by molar-refractivity contribution is 0.0691. The Morgan fingerprint density at radius 2 is 1.76 bits per heavy atom. The summed E-state index contributed by atoms with van der Waals surface area (Å²) in [6.07, 6.45) is 1.75. The van der Waals surface area contributed by atoms with Gasteiger partial charge in [0.2, 0.25) is 0 Å². The second kappa shape index (κ2) is 6.42. The Balaban J connectivity index is 0.000000770. The third-order valence-electron chi connectivity index (χ3n) is 1.86. The number of rotatable bonds is 2. The molecule has 0 saturated carbocycles. The van der Waals surface area contributed by atoms with Crippen LogP contribution < -0.4 is 0 Å². The van der Waals surface area contributed by atoms with E-state index in [4.69, 9.17) is 10.2 Å². The van der Waals surface area contributed by atoms with Crippen LogP contribution in [0.15, 0.2) is 24.8 Å². The maximum atomic E-state index is 13.0. The Morgan fingerprint density at radius 1 is 1.29 bits per heavy atom. The molecule has 4 nitrogen and oxygen atoms in total. The van der Waals surface area contributed by atoms with Gasteiger partial charge in [-0.25, -0.2) is 14.0 Å². The number of aromatic carboxylic acids is 2. The van der Waals surface area contributed by atoms with Crippen molar-refractivity contribution in [2.75, 3.05) is 0 Å². The third-order valence-corrected chi connectivity index (χ3v) is 1.86. The van der Waals surface area contributed by atoms with Crippen LogP contribution in [0.25, 0.3) is 0 Å². The SMILES string of the molecule is C=CC.Cc1c(C(=O)O)ccc(F)c1C(=O)O. The van der Waals surface area contributed by atoms with Crippen LogP contribution in [0.2, 0.25) is 0 Å². The van der Waals surface area contributed by atoms with Crippen LogP contribution >= 0.6 is 0 Å². The van der Waals surface area contributed by atoms with Crippen LogP contribution in [0.4, 0.5) is 4.39 Å². The fourth-order valence-corrected chi connectivity index (χ4v) is 1.17. The molecule has 0 heterocycles. The van der Waals surface area contributed by atoms with E-state index in [2.05, 4.69) is 6.58 Å². The molecule has 5 heteroatoms. The first-order valence-electron chi connectivity index (χ1n) is 4.69. The summed E-state index contributed by atoms with van der Waals surface area (Å²) in [7, 11) is 0. The number of carbonyl (C=O) groups is 2. The third kappa shape index (κ3) is 3.71. The minimum atomic E-state index is -1.47. The van der Waals surface area contributed by atoms with Crippen LogP contribution in [-0.2, 0) is 0 Å². The summed E-state index contributed by atoms with van der Waals surface area (Å²) in [6.45, 7) is 6.51. The van der Waals surface area contributed by atoms with E-state index in [0.29, 0.717) is 0 Å². The fourth-order valence-electron chi connectivity index (χ4n) is 1.17. The average molecular weight is 240 g/mol. The maximum absolute atomic E-state index is 13.0. The van der Waals surface area contributed by atoms with E-state index in [1.807, 2.05) is 6.92 Å². The van der Waals surface area contributed by atoms with Gasteiger partial charge >= 0.3 is 11.9 Å². The number of halogens is 1. The Kier molecular flexibility index (Phi) is 5.60. The molecule has 0 radical (unpaired) electrons. The van der Waals surface area contributed by atoms with Crippen molar-refractivity contribution >= 4 is 11.9 Å². The van der Waals surface area contributed by atoms with Gasteiger partial charge in [-0.15, -0.1) is 6.58 Å². The van der Waals surface area contributed by atoms with Gasteiger partial charge in [0.1, 0.15) is 5.82 Å². The molecule has 2 N–H and O–H groups in total. The highest BCUT2D eigenvalue weighted by molar-refractivity contribution is 5.96. The van der Waals surface area contributed by atoms with Crippen molar-refractivity contribution < 1.29 is 24.2 Å². The standard InChI is InChI=1S/C9H7FO4.C3H6/c1-4-5(8(11)12)2-3-6(10)7(4)9(13)14;1-3-2/h2-3H,1H3,(H,11,12)(H,13,14);3H,1H2,2H3. The van der Waals surface area contributed by atoms with E-state index < -0.39 is 23.3 Å². The van der Waals surface area contributed by atoms with Crippen LogP contribution in [0.5, 0.6) is 0 Å². The van der Waals surface area contributed by atoms with Crippen LogP contribution in [0.1, 0.15) is 33.2 Å². The summed E-state index contributed by atoms with van der Waals surface area (Å²) in [6, 6.07) is 1.87. The van der Waals surface area contributed by atoms with Crippen LogP contribution in [0, 0.1) is 12.7 Å². The number of carboxylic acid groups (broad SMARTS) is 2. The molecule has 0 aliphatic carbocycles. The lowest BCUT2D eigenvalue weighted by Crippen LogP contribution is -2.09. The highest BCUT2D eigenvalue weighted by Crippen LogP contribution is 2.17. The molecule has 0 aliphatic heterocycles. The second-order valence-corrected chi connectivity index (χ2v) is 3.11. The van der Waals surface area contributed by atoms with Crippen molar-refractivity contribution in [3.63, 3.8) is 0 Å². The molecule has 0 atom stereocenters. The Bertz CT molecular complexity index is 452. The summed E-state index contributed by atoms with van der Waals surface area (Å²) >= 11 is 0. The van der Waals surface area contributed by atoms with Gasteiger partial charge in [0.05, 0.1) is 11.1 Å².